The van der Waals surface area contributed by atoms with Gasteiger partial charge in [0.15, 0.2) is 0 Å². The van der Waals surface area contributed by atoms with Gasteiger partial charge in [-0.1, -0.05) is 41.9 Å². The Morgan fingerprint density at radius 2 is 1.93 bits per heavy atom. The SMILES string of the molecule is COc1ccccc1NC(=O)C1C(C)=NC(SC)=C(C#N)[C@H]1c1ccccc1Cl. The molecule has 29 heavy (non-hydrogen) atoms. The second-order valence-corrected chi connectivity index (χ2v) is 7.66. The summed E-state index contributed by atoms with van der Waals surface area (Å²) in [5.74, 6) is -0.913. The third kappa shape index (κ3) is 4.16. The van der Waals surface area contributed by atoms with E-state index in [2.05, 4.69) is 16.4 Å². The quantitative estimate of drug-likeness (QED) is 0.708. The topological polar surface area (TPSA) is 74.5 Å². The highest BCUT2D eigenvalue weighted by atomic mass is 35.5. The number of methoxy groups -OCH3 is 1. The fourth-order valence-corrected chi connectivity index (χ4v) is 4.35. The molecule has 1 aliphatic heterocycles. The van der Waals surface area contributed by atoms with E-state index in [4.69, 9.17) is 16.3 Å². The Labute approximate surface area is 179 Å². The second-order valence-electron chi connectivity index (χ2n) is 6.45. The van der Waals surface area contributed by atoms with Crippen molar-refractivity contribution in [2.75, 3.05) is 18.7 Å². The first-order valence-corrected chi connectivity index (χ1v) is 10.5. The van der Waals surface area contributed by atoms with E-state index < -0.39 is 11.8 Å². The molecule has 1 unspecified atom stereocenters. The lowest BCUT2D eigenvalue weighted by Gasteiger charge is -2.31. The van der Waals surface area contributed by atoms with Gasteiger partial charge in [0.1, 0.15) is 10.8 Å². The normalized spacial score (nSPS) is 18.7. The van der Waals surface area contributed by atoms with Gasteiger partial charge >= 0.3 is 0 Å². The third-order valence-corrected chi connectivity index (χ3v) is 5.85. The maximum atomic E-state index is 13.4. The molecule has 1 amide bonds. The standard InChI is InChI=1S/C22H20ClN3O2S/c1-13-19(21(27)26-17-10-6-7-11-18(17)28-2)20(14-8-4-5-9-16(14)23)15(12-24)22(25-13)29-3/h4-11,19-20H,1-3H3,(H,26,27)/t19?,20-/m1/s1. The van der Waals surface area contributed by atoms with Crippen LogP contribution >= 0.6 is 23.4 Å². The van der Waals surface area contributed by atoms with Crippen LogP contribution in [0.3, 0.4) is 0 Å². The first kappa shape index (κ1) is 21.0. The molecule has 1 heterocycles. The number of carbonyl (C=O) groups excluding carboxylic acids is 1. The molecule has 0 bridgehead atoms. The molecular weight excluding hydrogens is 406 g/mol. The van der Waals surface area contributed by atoms with Crippen LogP contribution in [0, 0.1) is 17.2 Å². The summed E-state index contributed by atoms with van der Waals surface area (Å²) in [4.78, 5) is 17.9. The number of carbonyl (C=O) groups is 1. The van der Waals surface area contributed by atoms with Gasteiger partial charge in [-0.05, 0) is 36.9 Å². The Morgan fingerprint density at radius 1 is 1.24 bits per heavy atom. The molecule has 148 valence electrons. The van der Waals surface area contributed by atoms with Crippen LogP contribution in [0.1, 0.15) is 18.4 Å². The van der Waals surface area contributed by atoms with E-state index in [1.807, 2.05) is 36.6 Å². The number of rotatable bonds is 5. The van der Waals surface area contributed by atoms with Crippen molar-refractivity contribution in [3.63, 3.8) is 0 Å². The minimum Gasteiger partial charge on any atom is -0.495 e. The summed E-state index contributed by atoms with van der Waals surface area (Å²) < 4.78 is 5.34. The highest BCUT2D eigenvalue weighted by molar-refractivity contribution is 8.02. The predicted octanol–water partition coefficient (Wildman–Crippen LogP) is 5.26. The first-order chi connectivity index (χ1) is 14.0. The minimum absolute atomic E-state index is 0.270. The van der Waals surface area contributed by atoms with Crippen molar-refractivity contribution >= 4 is 40.7 Å². The molecule has 2 aromatic rings. The summed E-state index contributed by atoms with van der Waals surface area (Å²) in [5, 5.41) is 13.9. The molecule has 5 nitrogen and oxygen atoms in total. The van der Waals surface area contributed by atoms with Crippen LogP contribution in [-0.2, 0) is 4.79 Å². The van der Waals surface area contributed by atoms with Crippen LogP contribution in [-0.4, -0.2) is 25.0 Å². The average molecular weight is 426 g/mol. The molecule has 0 saturated carbocycles. The molecule has 0 aromatic heterocycles. The van der Waals surface area contributed by atoms with Gasteiger partial charge in [-0.25, -0.2) is 4.99 Å². The van der Waals surface area contributed by atoms with Gasteiger partial charge < -0.3 is 10.1 Å². The van der Waals surface area contributed by atoms with Gasteiger partial charge in [-0.15, -0.1) is 11.8 Å². The molecule has 1 N–H and O–H groups in total. The van der Waals surface area contributed by atoms with E-state index in [0.717, 1.165) is 5.56 Å². The van der Waals surface area contributed by atoms with E-state index in [9.17, 15) is 10.1 Å². The molecule has 1 aliphatic rings. The number of amides is 1. The van der Waals surface area contributed by atoms with E-state index in [-0.39, 0.29) is 5.91 Å². The summed E-state index contributed by atoms with van der Waals surface area (Å²) >= 11 is 7.85. The summed E-state index contributed by atoms with van der Waals surface area (Å²) in [5.41, 5.74) is 2.36. The van der Waals surface area contributed by atoms with Crippen molar-refractivity contribution in [2.45, 2.75) is 12.8 Å². The minimum atomic E-state index is -0.676. The molecule has 0 saturated heterocycles. The maximum absolute atomic E-state index is 13.4. The summed E-state index contributed by atoms with van der Waals surface area (Å²) in [6, 6.07) is 16.7. The van der Waals surface area contributed by atoms with Crippen LogP contribution in [0.4, 0.5) is 5.69 Å². The highest BCUT2D eigenvalue weighted by Crippen LogP contribution is 2.43. The molecule has 0 fully saturated rings. The lowest BCUT2D eigenvalue weighted by atomic mass is 9.76. The Morgan fingerprint density at radius 3 is 2.59 bits per heavy atom. The Balaban J connectivity index is 2.09. The predicted molar refractivity (Wildman–Crippen MR) is 119 cm³/mol. The second kappa shape index (κ2) is 9.17. The zero-order valence-corrected chi connectivity index (χ0v) is 17.8. The number of anilines is 1. The van der Waals surface area contributed by atoms with E-state index in [1.54, 1.807) is 32.2 Å². The van der Waals surface area contributed by atoms with Crippen molar-refractivity contribution in [2.24, 2.45) is 10.9 Å². The van der Waals surface area contributed by atoms with Crippen LogP contribution in [0.2, 0.25) is 5.02 Å². The molecule has 0 spiro atoms. The van der Waals surface area contributed by atoms with Gasteiger partial charge in [0.2, 0.25) is 5.91 Å². The number of allylic oxidation sites excluding steroid dienone is 1. The van der Waals surface area contributed by atoms with Gasteiger partial charge in [0.25, 0.3) is 0 Å². The van der Waals surface area contributed by atoms with Crippen molar-refractivity contribution in [3.8, 4) is 11.8 Å². The molecule has 2 atom stereocenters. The van der Waals surface area contributed by atoms with Crippen LogP contribution in [0.5, 0.6) is 5.75 Å². The fourth-order valence-electron chi connectivity index (χ4n) is 3.47. The van der Waals surface area contributed by atoms with Crippen LogP contribution in [0.25, 0.3) is 0 Å². The van der Waals surface area contributed by atoms with Gasteiger partial charge in [-0.2, -0.15) is 5.26 Å². The van der Waals surface area contributed by atoms with Crippen molar-refractivity contribution in [1.82, 2.24) is 0 Å². The van der Waals surface area contributed by atoms with Gasteiger partial charge in [0.05, 0.1) is 30.4 Å². The molecule has 0 radical (unpaired) electrons. The Hall–Kier alpha value is -2.75. The smallest absolute Gasteiger partial charge is 0.234 e. The van der Waals surface area contributed by atoms with Crippen molar-refractivity contribution < 1.29 is 9.53 Å². The average Bonchev–Trinajstić information content (AvgIpc) is 2.73. The number of nitrogens with zero attached hydrogens (tertiary/aromatic N) is 2. The molecular formula is C22H20ClN3O2S. The van der Waals surface area contributed by atoms with E-state index >= 15 is 0 Å². The lowest BCUT2D eigenvalue weighted by Crippen LogP contribution is -2.36. The van der Waals surface area contributed by atoms with Crippen LogP contribution in [0.15, 0.2) is 64.1 Å². The number of hydrogen-bond donors (Lipinski definition) is 1. The summed E-state index contributed by atoms with van der Waals surface area (Å²) in [7, 11) is 1.55. The van der Waals surface area contributed by atoms with Crippen molar-refractivity contribution in [3.05, 3.63) is 69.7 Å². The number of thioether (sulfide) groups is 1. The Kier molecular flexibility index (Phi) is 6.63. The maximum Gasteiger partial charge on any atom is 0.234 e. The summed E-state index contributed by atoms with van der Waals surface area (Å²) in [6.45, 7) is 1.81. The van der Waals surface area contributed by atoms with Gasteiger partial charge in [-0.3, -0.25) is 4.79 Å². The third-order valence-electron chi connectivity index (χ3n) is 4.80. The molecule has 2 aromatic carbocycles. The largest absolute Gasteiger partial charge is 0.495 e. The number of benzene rings is 2. The lowest BCUT2D eigenvalue weighted by molar-refractivity contribution is -0.118. The number of halogens is 1. The zero-order chi connectivity index (χ0) is 21.0. The summed E-state index contributed by atoms with van der Waals surface area (Å²) in [6.07, 6.45) is 1.86. The highest BCUT2D eigenvalue weighted by Gasteiger charge is 2.40. The monoisotopic (exact) mass is 425 g/mol. The molecule has 3 rings (SSSR count). The van der Waals surface area contributed by atoms with Gasteiger partial charge in [0, 0.05) is 16.7 Å². The number of para-hydroxylation sites is 2. The van der Waals surface area contributed by atoms with Crippen LogP contribution < -0.4 is 10.1 Å². The first-order valence-electron chi connectivity index (χ1n) is 8.93. The Bertz CT molecular complexity index is 1040. The fraction of sp³-hybridized carbons (Fsp3) is 0.227. The van der Waals surface area contributed by atoms with Crippen molar-refractivity contribution in [1.29, 1.82) is 5.26 Å². The number of nitriles is 1. The number of nitrogens with one attached hydrogen (secondary N) is 1. The number of aliphatic imine (C=N–C) groups is 1. The number of hydrogen-bond acceptors (Lipinski definition) is 5. The van der Waals surface area contributed by atoms with E-state index in [0.29, 0.717) is 32.8 Å². The van der Waals surface area contributed by atoms with E-state index in [1.165, 1.54) is 11.8 Å². The zero-order valence-electron chi connectivity index (χ0n) is 16.3. The molecule has 7 heteroatoms. The number of ether oxygens (including phenoxy) is 1. The molecule has 0 aliphatic carbocycles.